The average molecular weight is 329 g/mol. The summed E-state index contributed by atoms with van der Waals surface area (Å²) in [5.41, 5.74) is -0.657. The SMILES string of the molecule is Fc1cc(Cl)ccc1Cn1cc2cccc(C(F)(F)F)c2n1. The molecule has 0 aliphatic heterocycles. The van der Waals surface area contributed by atoms with Gasteiger partial charge in [0.2, 0.25) is 0 Å². The Morgan fingerprint density at radius 1 is 1.14 bits per heavy atom. The maximum atomic E-state index is 13.8. The molecule has 0 aliphatic carbocycles. The Morgan fingerprint density at radius 3 is 2.59 bits per heavy atom. The molecule has 1 aromatic heterocycles. The summed E-state index contributed by atoms with van der Waals surface area (Å²) in [4.78, 5) is 0. The number of aromatic nitrogens is 2. The smallest absolute Gasteiger partial charge is 0.267 e. The Bertz CT molecular complexity index is 839. The lowest BCUT2D eigenvalue weighted by Crippen LogP contribution is -2.06. The van der Waals surface area contributed by atoms with Gasteiger partial charge in [-0.05, 0) is 18.2 Å². The molecule has 1 heterocycles. The highest BCUT2D eigenvalue weighted by atomic mass is 35.5. The number of hydrogen-bond acceptors (Lipinski definition) is 1. The number of alkyl halides is 3. The van der Waals surface area contributed by atoms with Crippen molar-refractivity contribution in [1.29, 1.82) is 0 Å². The second-order valence-electron chi connectivity index (χ2n) is 4.80. The lowest BCUT2D eigenvalue weighted by molar-refractivity contribution is -0.136. The van der Waals surface area contributed by atoms with E-state index in [4.69, 9.17) is 11.6 Å². The molecule has 7 heteroatoms. The van der Waals surface area contributed by atoms with Crippen LogP contribution >= 0.6 is 11.6 Å². The zero-order chi connectivity index (χ0) is 15.9. The van der Waals surface area contributed by atoms with E-state index in [9.17, 15) is 17.6 Å². The molecule has 0 fully saturated rings. The van der Waals surface area contributed by atoms with E-state index in [1.807, 2.05) is 0 Å². The lowest BCUT2D eigenvalue weighted by Gasteiger charge is -2.06. The Morgan fingerprint density at radius 2 is 1.91 bits per heavy atom. The van der Waals surface area contributed by atoms with Crippen molar-refractivity contribution in [2.75, 3.05) is 0 Å². The summed E-state index contributed by atoms with van der Waals surface area (Å²) < 4.78 is 53.9. The zero-order valence-electron chi connectivity index (χ0n) is 11.0. The normalized spacial score (nSPS) is 12.0. The van der Waals surface area contributed by atoms with Crippen LogP contribution in [0.25, 0.3) is 10.9 Å². The van der Waals surface area contributed by atoms with Crippen LogP contribution in [0.4, 0.5) is 17.6 Å². The van der Waals surface area contributed by atoms with Gasteiger partial charge in [-0.1, -0.05) is 29.8 Å². The Balaban J connectivity index is 2.02. The topological polar surface area (TPSA) is 17.8 Å². The predicted octanol–water partition coefficient (Wildman–Crippen LogP) is 4.90. The van der Waals surface area contributed by atoms with Crippen molar-refractivity contribution in [3.05, 3.63) is 64.6 Å². The molecule has 0 N–H and O–H groups in total. The van der Waals surface area contributed by atoms with Gasteiger partial charge in [0.25, 0.3) is 0 Å². The van der Waals surface area contributed by atoms with Crippen LogP contribution in [-0.2, 0) is 12.7 Å². The van der Waals surface area contributed by atoms with E-state index in [1.165, 1.54) is 35.1 Å². The average Bonchev–Trinajstić information content (AvgIpc) is 2.83. The third-order valence-corrected chi connectivity index (χ3v) is 3.47. The quantitative estimate of drug-likeness (QED) is 0.612. The van der Waals surface area contributed by atoms with E-state index in [0.717, 1.165) is 12.1 Å². The molecule has 0 atom stereocenters. The molecule has 0 bridgehead atoms. The van der Waals surface area contributed by atoms with Crippen LogP contribution < -0.4 is 0 Å². The first-order valence-electron chi connectivity index (χ1n) is 6.32. The molecule has 0 amide bonds. The van der Waals surface area contributed by atoms with E-state index < -0.39 is 17.6 Å². The number of hydrogen-bond donors (Lipinski definition) is 0. The summed E-state index contributed by atoms with van der Waals surface area (Å²) in [5.74, 6) is -0.525. The van der Waals surface area contributed by atoms with Crippen LogP contribution in [0.5, 0.6) is 0 Å². The summed E-state index contributed by atoms with van der Waals surface area (Å²) >= 11 is 5.67. The van der Waals surface area contributed by atoms with E-state index in [-0.39, 0.29) is 17.1 Å². The van der Waals surface area contributed by atoms with Gasteiger partial charge in [0, 0.05) is 22.2 Å². The maximum Gasteiger partial charge on any atom is 0.418 e. The van der Waals surface area contributed by atoms with Gasteiger partial charge in [-0.25, -0.2) is 4.39 Å². The van der Waals surface area contributed by atoms with Gasteiger partial charge in [0.15, 0.2) is 0 Å². The largest absolute Gasteiger partial charge is 0.418 e. The van der Waals surface area contributed by atoms with Crippen molar-refractivity contribution < 1.29 is 17.6 Å². The van der Waals surface area contributed by atoms with Gasteiger partial charge < -0.3 is 0 Å². The molecule has 0 saturated heterocycles. The minimum absolute atomic E-state index is 0.0228. The highest BCUT2D eigenvalue weighted by Crippen LogP contribution is 2.34. The van der Waals surface area contributed by atoms with Gasteiger partial charge in [0.05, 0.1) is 12.1 Å². The van der Waals surface area contributed by atoms with Gasteiger partial charge in [-0.3, -0.25) is 4.68 Å². The van der Waals surface area contributed by atoms with Gasteiger partial charge >= 0.3 is 6.18 Å². The highest BCUT2D eigenvalue weighted by Gasteiger charge is 2.33. The highest BCUT2D eigenvalue weighted by molar-refractivity contribution is 6.30. The summed E-state index contributed by atoms with van der Waals surface area (Å²) in [7, 11) is 0. The fourth-order valence-electron chi connectivity index (χ4n) is 2.23. The Kier molecular flexibility index (Phi) is 3.56. The van der Waals surface area contributed by atoms with Crippen molar-refractivity contribution in [3.8, 4) is 0 Å². The molecular weight excluding hydrogens is 320 g/mol. The molecule has 2 aromatic carbocycles. The number of nitrogens with zero attached hydrogens (tertiary/aromatic N) is 2. The number of benzene rings is 2. The lowest BCUT2D eigenvalue weighted by atomic mass is 10.1. The summed E-state index contributed by atoms with van der Waals surface area (Å²) in [6, 6.07) is 7.98. The van der Waals surface area contributed by atoms with Crippen molar-refractivity contribution in [2.24, 2.45) is 0 Å². The molecular formula is C15H9ClF4N2. The van der Waals surface area contributed by atoms with Crippen molar-refractivity contribution in [3.63, 3.8) is 0 Å². The van der Waals surface area contributed by atoms with Crippen LogP contribution in [-0.4, -0.2) is 9.78 Å². The molecule has 114 valence electrons. The van der Waals surface area contributed by atoms with Crippen molar-refractivity contribution in [1.82, 2.24) is 9.78 Å². The van der Waals surface area contributed by atoms with Crippen LogP contribution in [0.2, 0.25) is 5.02 Å². The van der Waals surface area contributed by atoms with Crippen LogP contribution in [0, 0.1) is 5.82 Å². The van der Waals surface area contributed by atoms with Crippen molar-refractivity contribution in [2.45, 2.75) is 12.7 Å². The first-order chi connectivity index (χ1) is 10.3. The number of fused-ring (bicyclic) bond motifs is 1. The monoisotopic (exact) mass is 328 g/mol. The molecule has 3 aromatic rings. The fourth-order valence-corrected chi connectivity index (χ4v) is 2.39. The molecule has 22 heavy (non-hydrogen) atoms. The second-order valence-corrected chi connectivity index (χ2v) is 5.24. The third-order valence-electron chi connectivity index (χ3n) is 3.24. The zero-order valence-corrected chi connectivity index (χ0v) is 11.8. The molecule has 0 unspecified atom stereocenters. The number of rotatable bonds is 2. The molecule has 3 rings (SSSR count). The predicted molar refractivity (Wildman–Crippen MR) is 75.2 cm³/mol. The Labute approximate surface area is 127 Å². The second kappa shape index (κ2) is 5.28. The molecule has 2 nitrogen and oxygen atoms in total. The summed E-state index contributed by atoms with van der Waals surface area (Å²) in [5, 5.41) is 4.54. The fraction of sp³-hybridized carbons (Fsp3) is 0.133. The van der Waals surface area contributed by atoms with Crippen LogP contribution in [0.15, 0.2) is 42.6 Å². The van der Waals surface area contributed by atoms with Gasteiger partial charge in [-0.15, -0.1) is 0 Å². The molecule has 0 radical (unpaired) electrons. The first kappa shape index (κ1) is 14.8. The maximum absolute atomic E-state index is 13.8. The van der Waals surface area contributed by atoms with E-state index in [1.54, 1.807) is 0 Å². The Hall–Kier alpha value is -2.08. The summed E-state index contributed by atoms with van der Waals surface area (Å²) in [6.07, 6.45) is -3.02. The van der Waals surface area contributed by atoms with E-state index in [2.05, 4.69) is 5.10 Å². The molecule has 0 spiro atoms. The van der Waals surface area contributed by atoms with Gasteiger partial charge in [0.1, 0.15) is 11.3 Å². The van der Waals surface area contributed by atoms with E-state index in [0.29, 0.717) is 10.9 Å². The third kappa shape index (κ3) is 2.78. The standard InChI is InChI=1S/C15H9ClF4N2/c16-11-5-4-9(13(17)6-11)7-22-8-10-2-1-3-12(14(10)21-22)15(18,19)20/h1-6,8H,7H2. The molecule has 0 saturated carbocycles. The molecule has 0 aliphatic rings. The first-order valence-corrected chi connectivity index (χ1v) is 6.70. The van der Waals surface area contributed by atoms with Crippen LogP contribution in [0.3, 0.4) is 0 Å². The minimum Gasteiger partial charge on any atom is -0.267 e. The van der Waals surface area contributed by atoms with E-state index >= 15 is 0 Å². The van der Waals surface area contributed by atoms with Gasteiger partial charge in [-0.2, -0.15) is 18.3 Å². The minimum atomic E-state index is -4.48. The summed E-state index contributed by atoms with van der Waals surface area (Å²) in [6.45, 7) is 0.0228. The van der Waals surface area contributed by atoms with Crippen molar-refractivity contribution >= 4 is 22.5 Å². The number of halogens is 5. The van der Waals surface area contributed by atoms with Crippen LogP contribution in [0.1, 0.15) is 11.1 Å².